The summed E-state index contributed by atoms with van der Waals surface area (Å²) in [6, 6.07) is 9.81. The minimum absolute atomic E-state index is 0.277. The molecule has 0 amide bonds. The van der Waals surface area contributed by atoms with Crippen molar-refractivity contribution in [2.45, 2.75) is 6.92 Å². The zero-order valence-electron chi connectivity index (χ0n) is 10.2. The Kier molecular flexibility index (Phi) is 3.42. The molecular formula is C15H13FO2. The zero-order chi connectivity index (χ0) is 13.1. The summed E-state index contributed by atoms with van der Waals surface area (Å²) in [4.78, 5) is 11.1. The third-order valence-corrected chi connectivity index (χ3v) is 2.97. The molecule has 0 spiro atoms. The zero-order valence-corrected chi connectivity index (χ0v) is 10.2. The van der Waals surface area contributed by atoms with Gasteiger partial charge in [-0.2, -0.15) is 0 Å². The quantitative estimate of drug-likeness (QED) is 0.771. The smallest absolute Gasteiger partial charge is 0.154 e. The molecule has 0 aliphatic heterocycles. The van der Waals surface area contributed by atoms with E-state index in [0.717, 1.165) is 23.0 Å². The molecule has 0 fully saturated rings. The lowest BCUT2D eigenvalue weighted by Crippen LogP contribution is -1.96. The lowest BCUT2D eigenvalue weighted by Gasteiger charge is -2.11. The molecule has 0 radical (unpaired) electrons. The van der Waals surface area contributed by atoms with Crippen LogP contribution in [0, 0.1) is 12.7 Å². The first kappa shape index (κ1) is 12.3. The van der Waals surface area contributed by atoms with Crippen molar-refractivity contribution in [3.8, 4) is 16.9 Å². The molecule has 2 aromatic carbocycles. The summed E-state index contributed by atoms with van der Waals surface area (Å²) in [5, 5.41) is 0. The van der Waals surface area contributed by atoms with E-state index in [4.69, 9.17) is 4.74 Å². The molecule has 0 atom stereocenters. The van der Waals surface area contributed by atoms with Crippen molar-refractivity contribution in [3.63, 3.8) is 0 Å². The number of aldehydes is 1. The Morgan fingerprint density at radius 1 is 1.11 bits per heavy atom. The fourth-order valence-electron chi connectivity index (χ4n) is 1.97. The SMILES string of the molecule is COc1ccc(-c2ccc(F)cc2)c(C)c1C=O. The number of carbonyl (C=O) groups excluding carboxylic acids is 1. The molecule has 92 valence electrons. The lowest BCUT2D eigenvalue weighted by atomic mass is 9.96. The van der Waals surface area contributed by atoms with Crippen LogP contribution in [0.1, 0.15) is 15.9 Å². The van der Waals surface area contributed by atoms with Crippen molar-refractivity contribution in [1.82, 2.24) is 0 Å². The van der Waals surface area contributed by atoms with Crippen molar-refractivity contribution >= 4 is 6.29 Å². The van der Waals surface area contributed by atoms with Crippen LogP contribution in [0.4, 0.5) is 4.39 Å². The molecule has 0 N–H and O–H groups in total. The van der Waals surface area contributed by atoms with Crippen LogP contribution in [-0.4, -0.2) is 13.4 Å². The van der Waals surface area contributed by atoms with Gasteiger partial charge in [0.1, 0.15) is 11.6 Å². The Labute approximate surface area is 105 Å². The van der Waals surface area contributed by atoms with Gasteiger partial charge in [-0.05, 0) is 41.8 Å². The number of benzene rings is 2. The first-order chi connectivity index (χ1) is 8.67. The molecular weight excluding hydrogens is 231 g/mol. The van der Waals surface area contributed by atoms with Gasteiger partial charge in [0.15, 0.2) is 6.29 Å². The van der Waals surface area contributed by atoms with Crippen molar-refractivity contribution in [1.29, 1.82) is 0 Å². The second kappa shape index (κ2) is 5.00. The molecule has 0 aliphatic carbocycles. The first-order valence-corrected chi connectivity index (χ1v) is 5.56. The molecule has 0 aromatic heterocycles. The summed E-state index contributed by atoms with van der Waals surface area (Å²) in [6.45, 7) is 1.85. The Hall–Kier alpha value is -2.16. The average molecular weight is 244 g/mol. The van der Waals surface area contributed by atoms with Gasteiger partial charge < -0.3 is 4.74 Å². The Balaban J connectivity index is 2.59. The third-order valence-electron chi connectivity index (χ3n) is 2.97. The molecule has 0 unspecified atom stereocenters. The minimum atomic E-state index is -0.277. The van der Waals surface area contributed by atoms with Gasteiger partial charge in [-0.15, -0.1) is 0 Å². The molecule has 0 bridgehead atoms. The maximum absolute atomic E-state index is 12.9. The lowest BCUT2D eigenvalue weighted by molar-refractivity contribution is 0.112. The Bertz CT molecular complexity index is 574. The minimum Gasteiger partial charge on any atom is -0.496 e. The molecule has 18 heavy (non-hydrogen) atoms. The summed E-state index contributed by atoms with van der Waals surface area (Å²) in [5.74, 6) is 0.272. The summed E-state index contributed by atoms with van der Waals surface area (Å²) >= 11 is 0. The monoisotopic (exact) mass is 244 g/mol. The van der Waals surface area contributed by atoms with Crippen LogP contribution >= 0.6 is 0 Å². The van der Waals surface area contributed by atoms with Gasteiger partial charge in [-0.3, -0.25) is 4.79 Å². The highest BCUT2D eigenvalue weighted by molar-refractivity contribution is 5.86. The van der Waals surface area contributed by atoms with E-state index in [1.165, 1.54) is 19.2 Å². The highest BCUT2D eigenvalue weighted by atomic mass is 19.1. The number of hydrogen-bond acceptors (Lipinski definition) is 2. The summed E-state index contributed by atoms with van der Waals surface area (Å²) in [5.41, 5.74) is 3.13. The van der Waals surface area contributed by atoms with E-state index < -0.39 is 0 Å². The third kappa shape index (κ3) is 2.12. The number of rotatable bonds is 3. The van der Waals surface area contributed by atoms with Crippen molar-refractivity contribution < 1.29 is 13.9 Å². The van der Waals surface area contributed by atoms with E-state index in [2.05, 4.69) is 0 Å². The first-order valence-electron chi connectivity index (χ1n) is 5.56. The van der Waals surface area contributed by atoms with E-state index >= 15 is 0 Å². The standard InChI is InChI=1S/C15H13FO2/c1-10-13(11-3-5-12(16)6-4-11)7-8-15(18-2)14(10)9-17/h3-9H,1-2H3. The summed E-state index contributed by atoms with van der Waals surface area (Å²) < 4.78 is 18.0. The molecule has 2 aromatic rings. The fourth-order valence-corrected chi connectivity index (χ4v) is 1.97. The van der Waals surface area contributed by atoms with Gasteiger partial charge in [-0.1, -0.05) is 18.2 Å². The maximum Gasteiger partial charge on any atom is 0.154 e. The highest BCUT2D eigenvalue weighted by Crippen LogP contribution is 2.30. The van der Waals surface area contributed by atoms with E-state index in [0.29, 0.717) is 11.3 Å². The Morgan fingerprint density at radius 2 is 1.78 bits per heavy atom. The van der Waals surface area contributed by atoms with Crippen molar-refractivity contribution in [3.05, 3.63) is 53.3 Å². The average Bonchev–Trinajstić information content (AvgIpc) is 2.39. The van der Waals surface area contributed by atoms with E-state index in [1.54, 1.807) is 18.2 Å². The number of halogens is 1. The van der Waals surface area contributed by atoms with Gasteiger partial charge in [0.25, 0.3) is 0 Å². The van der Waals surface area contributed by atoms with E-state index in [9.17, 15) is 9.18 Å². The number of carbonyl (C=O) groups is 1. The van der Waals surface area contributed by atoms with E-state index in [-0.39, 0.29) is 5.82 Å². The van der Waals surface area contributed by atoms with Crippen LogP contribution in [0.5, 0.6) is 5.75 Å². The molecule has 0 aliphatic rings. The summed E-state index contributed by atoms with van der Waals surface area (Å²) in [7, 11) is 1.53. The van der Waals surface area contributed by atoms with Gasteiger partial charge in [0.05, 0.1) is 12.7 Å². The van der Waals surface area contributed by atoms with Gasteiger partial charge in [0.2, 0.25) is 0 Å². The predicted octanol–water partition coefficient (Wildman–Crippen LogP) is 3.62. The topological polar surface area (TPSA) is 26.3 Å². The van der Waals surface area contributed by atoms with Gasteiger partial charge in [-0.25, -0.2) is 4.39 Å². The molecule has 2 nitrogen and oxygen atoms in total. The van der Waals surface area contributed by atoms with Crippen LogP contribution in [0.3, 0.4) is 0 Å². The van der Waals surface area contributed by atoms with Gasteiger partial charge in [0, 0.05) is 0 Å². The molecule has 3 heteroatoms. The molecule has 0 saturated heterocycles. The van der Waals surface area contributed by atoms with Crippen LogP contribution in [0.25, 0.3) is 11.1 Å². The van der Waals surface area contributed by atoms with Crippen LogP contribution in [-0.2, 0) is 0 Å². The number of hydrogen-bond donors (Lipinski definition) is 0. The normalized spacial score (nSPS) is 10.2. The maximum atomic E-state index is 12.9. The predicted molar refractivity (Wildman–Crippen MR) is 68.5 cm³/mol. The van der Waals surface area contributed by atoms with Crippen LogP contribution < -0.4 is 4.74 Å². The largest absolute Gasteiger partial charge is 0.496 e. The number of methoxy groups -OCH3 is 1. The number of ether oxygens (including phenoxy) is 1. The van der Waals surface area contributed by atoms with Crippen molar-refractivity contribution in [2.75, 3.05) is 7.11 Å². The Morgan fingerprint density at radius 3 is 2.33 bits per heavy atom. The van der Waals surface area contributed by atoms with Gasteiger partial charge >= 0.3 is 0 Å². The second-order valence-corrected chi connectivity index (χ2v) is 3.98. The van der Waals surface area contributed by atoms with Crippen LogP contribution in [0.2, 0.25) is 0 Å². The van der Waals surface area contributed by atoms with Crippen LogP contribution in [0.15, 0.2) is 36.4 Å². The van der Waals surface area contributed by atoms with Crippen molar-refractivity contribution in [2.24, 2.45) is 0 Å². The van der Waals surface area contributed by atoms with E-state index in [1.807, 2.05) is 13.0 Å². The fraction of sp³-hybridized carbons (Fsp3) is 0.133. The highest BCUT2D eigenvalue weighted by Gasteiger charge is 2.11. The molecule has 2 rings (SSSR count). The summed E-state index contributed by atoms with van der Waals surface area (Å²) in [6.07, 6.45) is 0.779. The molecule has 0 heterocycles. The second-order valence-electron chi connectivity index (χ2n) is 3.98. The molecule has 0 saturated carbocycles.